The molecule has 0 atom stereocenters. The van der Waals surface area contributed by atoms with E-state index in [1.807, 2.05) is 6.20 Å². The third-order valence-corrected chi connectivity index (χ3v) is 4.79. The fraction of sp³-hybridized carbons (Fsp3) is 0.292. The van der Waals surface area contributed by atoms with Gasteiger partial charge >= 0.3 is 11.9 Å². The topological polar surface area (TPSA) is 114 Å². The zero-order valence-electron chi connectivity index (χ0n) is 18.8. The summed E-state index contributed by atoms with van der Waals surface area (Å²) in [7, 11) is 1.68. The number of hydrogen-bond donors (Lipinski definition) is 3. The molecule has 0 saturated carbocycles. The number of anilines is 1. The first-order valence-corrected chi connectivity index (χ1v) is 10.3. The number of halogens is 1. The Hall–Kier alpha value is -3.72. The highest BCUT2D eigenvalue weighted by Crippen LogP contribution is 2.24. The average Bonchev–Trinajstić information content (AvgIpc) is 3.20. The molecule has 0 aliphatic rings. The average molecular weight is 458 g/mol. The molecule has 0 saturated heterocycles. The highest BCUT2D eigenvalue weighted by atomic mass is 19.1. The maximum atomic E-state index is 13.2. The number of nitrogens with zero attached hydrogens (tertiary/aromatic N) is 2. The first kappa shape index (κ1) is 25.5. The highest BCUT2D eigenvalue weighted by molar-refractivity contribution is 6.27. The Bertz CT molecular complexity index is 1030. The first-order chi connectivity index (χ1) is 15.7. The second kappa shape index (κ2) is 12.4. The molecule has 0 amide bonds. The van der Waals surface area contributed by atoms with E-state index < -0.39 is 11.9 Å². The molecule has 0 radical (unpaired) electrons. The van der Waals surface area contributed by atoms with Crippen LogP contribution in [0, 0.1) is 5.82 Å². The van der Waals surface area contributed by atoms with Crippen molar-refractivity contribution in [1.29, 1.82) is 0 Å². The van der Waals surface area contributed by atoms with E-state index in [4.69, 9.17) is 24.5 Å². The summed E-state index contributed by atoms with van der Waals surface area (Å²) in [4.78, 5) is 22.7. The molecule has 1 heterocycles. The minimum atomic E-state index is -1.82. The smallest absolute Gasteiger partial charge is 0.414 e. The summed E-state index contributed by atoms with van der Waals surface area (Å²) in [6.07, 6.45) is 1.81. The van der Waals surface area contributed by atoms with E-state index in [1.54, 1.807) is 19.2 Å². The Morgan fingerprint density at radius 2 is 1.67 bits per heavy atom. The van der Waals surface area contributed by atoms with E-state index in [0.29, 0.717) is 25.6 Å². The molecule has 2 aromatic carbocycles. The number of carboxylic acid groups (broad SMARTS) is 2. The van der Waals surface area contributed by atoms with E-state index in [2.05, 4.69) is 53.0 Å². The molecule has 0 spiro atoms. The lowest BCUT2D eigenvalue weighted by Crippen LogP contribution is -2.11. The van der Waals surface area contributed by atoms with Gasteiger partial charge in [-0.1, -0.05) is 38.1 Å². The van der Waals surface area contributed by atoms with Gasteiger partial charge in [0, 0.05) is 25.8 Å². The molecule has 8 nitrogen and oxygen atoms in total. The Labute approximate surface area is 191 Å². The number of ether oxygens (including phenoxy) is 1. The number of carbonyl (C=O) groups is 2. The van der Waals surface area contributed by atoms with Crippen molar-refractivity contribution in [2.24, 2.45) is 0 Å². The lowest BCUT2D eigenvalue weighted by Gasteiger charge is -2.13. The van der Waals surface area contributed by atoms with E-state index in [-0.39, 0.29) is 5.82 Å². The van der Waals surface area contributed by atoms with Crippen molar-refractivity contribution in [2.45, 2.75) is 32.9 Å². The molecule has 33 heavy (non-hydrogen) atoms. The van der Waals surface area contributed by atoms with Crippen LogP contribution >= 0.6 is 0 Å². The Morgan fingerprint density at radius 1 is 1.06 bits per heavy atom. The van der Waals surface area contributed by atoms with Crippen LogP contribution in [0.4, 0.5) is 10.3 Å². The normalized spacial score (nSPS) is 10.5. The minimum Gasteiger partial charge on any atom is -0.473 e. The zero-order valence-corrected chi connectivity index (χ0v) is 18.8. The van der Waals surface area contributed by atoms with E-state index in [1.165, 1.54) is 23.3 Å². The van der Waals surface area contributed by atoms with Crippen molar-refractivity contribution in [2.75, 3.05) is 19.0 Å². The summed E-state index contributed by atoms with van der Waals surface area (Å²) < 4.78 is 20.6. The maximum absolute atomic E-state index is 13.2. The summed E-state index contributed by atoms with van der Waals surface area (Å²) in [6, 6.07) is 15.1. The molecular weight excluding hydrogens is 429 g/mol. The van der Waals surface area contributed by atoms with Crippen molar-refractivity contribution in [1.82, 2.24) is 9.55 Å². The number of nitrogens with one attached hydrogen (secondary N) is 1. The Kier molecular flexibility index (Phi) is 9.56. The van der Waals surface area contributed by atoms with E-state index >= 15 is 0 Å². The third-order valence-electron chi connectivity index (χ3n) is 4.79. The second-order valence-corrected chi connectivity index (χ2v) is 7.48. The predicted molar refractivity (Wildman–Crippen MR) is 123 cm³/mol. The number of imidazole rings is 1. The zero-order chi connectivity index (χ0) is 24.4. The fourth-order valence-electron chi connectivity index (χ4n) is 2.98. The van der Waals surface area contributed by atoms with Gasteiger partial charge in [0.25, 0.3) is 0 Å². The van der Waals surface area contributed by atoms with Gasteiger partial charge in [0.2, 0.25) is 5.95 Å². The second-order valence-electron chi connectivity index (χ2n) is 7.48. The van der Waals surface area contributed by atoms with Gasteiger partial charge in [0.05, 0.1) is 18.5 Å². The van der Waals surface area contributed by atoms with Crippen LogP contribution < -0.4 is 5.32 Å². The van der Waals surface area contributed by atoms with Crippen molar-refractivity contribution in [3.63, 3.8) is 0 Å². The maximum Gasteiger partial charge on any atom is 0.414 e. The Morgan fingerprint density at radius 3 is 2.18 bits per heavy atom. The molecule has 3 aromatic rings. The number of aliphatic carboxylic acids is 2. The fourth-order valence-corrected chi connectivity index (χ4v) is 2.98. The van der Waals surface area contributed by atoms with Crippen molar-refractivity contribution >= 4 is 17.9 Å². The van der Waals surface area contributed by atoms with Gasteiger partial charge in [-0.3, -0.25) is 0 Å². The van der Waals surface area contributed by atoms with Gasteiger partial charge in [-0.2, -0.15) is 0 Å². The molecule has 0 fully saturated rings. The van der Waals surface area contributed by atoms with Gasteiger partial charge in [-0.15, -0.1) is 0 Å². The first-order valence-electron chi connectivity index (χ1n) is 10.3. The molecular formula is C24H28FN3O5. The van der Waals surface area contributed by atoms with Crippen LogP contribution in [0.2, 0.25) is 0 Å². The lowest BCUT2D eigenvalue weighted by atomic mass is 10.0. The number of rotatable bonds is 8. The van der Waals surface area contributed by atoms with Crippen molar-refractivity contribution in [3.8, 4) is 11.3 Å². The molecule has 0 aliphatic heterocycles. The van der Waals surface area contributed by atoms with Gasteiger partial charge in [-0.25, -0.2) is 19.0 Å². The van der Waals surface area contributed by atoms with Crippen LogP contribution in [-0.2, 0) is 27.4 Å². The van der Waals surface area contributed by atoms with Gasteiger partial charge < -0.3 is 24.8 Å². The van der Waals surface area contributed by atoms with Crippen LogP contribution in [0.25, 0.3) is 11.3 Å². The number of hydrogen-bond acceptors (Lipinski definition) is 5. The third kappa shape index (κ3) is 7.73. The largest absolute Gasteiger partial charge is 0.473 e. The molecule has 1 aromatic heterocycles. The summed E-state index contributed by atoms with van der Waals surface area (Å²) in [5.41, 5.74) is 4.39. The molecule has 3 rings (SSSR count). The standard InChI is InChI=1S/C22H26FN3O.C2H2O4/c1-16(2)18-6-4-17(5-7-18)14-24-22-25-15-21(26(22)12-13-27-3)19-8-10-20(23)11-9-19;3-1(4)2(5)6/h4-11,15-16H,12-14H2,1-3H3,(H,24,25);(H,3,4)(H,5,6). The Balaban J connectivity index is 0.000000569. The van der Waals surface area contributed by atoms with Crippen LogP contribution in [0.15, 0.2) is 54.7 Å². The lowest BCUT2D eigenvalue weighted by molar-refractivity contribution is -0.159. The minimum absolute atomic E-state index is 0.245. The SMILES string of the molecule is COCCn1c(-c2ccc(F)cc2)cnc1NCc1ccc(C(C)C)cc1.O=C(O)C(=O)O. The monoisotopic (exact) mass is 457 g/mol. The van der Waals surface area contributed by atoms with Crippen LogP contribution in [-0.4, -0.2) is 45.4 Å². The van der Waals surface area contributed by atoms with Gasteiger partial charge in [-0.05, 0) is 41.3 Å². The quantitative estimate of drug-likeness (QED) is 0.434. The summed E-state index contributed by atoms with van der Waals surface area (Å²) in [5, 5.41) is 18.2. The molecule has 176 valence electrons. The highest BCUT2D eigenvalue weighted by Gasteiger charge is 2.12. The van der Waals surface area contributed by atoms with Crippen molar-refractivity contribution in [3.05, 3.63) is 71.7 Å². The van der Waals surface area contributed by atoms with E-state index in [0.717, 1.165) is 17.2 Å². The molecule has 0 bridgehead atoms. The summed E-state index contributed by atoms with van der Waals surface area (Å²) in [5.74, 6) is -2.59. The van der Waals surface area contributed by atoms with Gasteiger partial charge in [0.15, 0.2) is 0 Å². The number of benzene rings is 2. The molecule has 0 aliphatic carbocycles. The molecule has 0 unspecified atom stereocenters. The van der Waals surface area contributed by atoms with Crippen LogP contribution in [0.1, 0.15) is 30.9 Å². The predicted octanol–water partition coefficient (Wildman–Crippen LogP) is 4.23. The number of aromatic nitrogens is 2. The number of methoxy groups -OCH3 is 1. The van der Waals surface area contributed by atoms with Crippen LogP contribution in [0.3, 0.4) is 0 Å². The van der Waals surface area contributed by atoms with Crippen LogP contribution in [0.5, 0.6) is 0 Å². The van der Waals surface area contributed by atoms with Gasteiger partial charge in [0.1, 0.15) is 5.82 Å². The van der Waals surface area contributed by atoms with Crippen molar-refractivity contribution < 1.29 is 28.9 Å². The number of carboxylic acids is 2. The summed E-state index contributed by atoms with van der Waals surface area (Å²) in [6.45, 7) is 6.30. The van der Waals surface area contributed by atoms with E-state index in [9.17, 15) is 4.39 Å². The molecule has 9 heteroatoms. The summed E-state index contributed by atoms with van der Waals surface area (Å²) >= 11 is 0. The molecule has 3 N–H and O–H groups in total.